The summed E-state index contributed by atoms with van der Waals surface area (Å²) in [6.45, 7) is 2.75. The minimum Gasteiger partial charge on any atom is -0.493 e. The lowest BCUT2D eigenvalue weighted by atomic mass is 10.1. The smallest absolute Gasteiger partial charge is 0.119 e. The van der Waals surface area contributed by atoms with Crippen LogP contribution in [0.1, 0.15) is 17.5 Å². The van der Waals surface area contributed by atoms with Crippen molar-refractivity contribution in [2.75, 3.05) is 12.4 Å². The second-order valence-corrected chi connectivity index (χ2v) is 6.26. The molecule has 0 bridgehead atoms. The molecular formula is C18H18N2OS. The van der Waals surface area contributed by atoms with Gasteiger partial charge in [-0.3, -0.25) is 0 Å². The van der Waals surface area contributed by atoms with Gasteiger partial charge in [0.1, 0.15) is 10.8 Å². The highest BCUT2D eigenvalue weighted by Crippen LogP contribution is 2.19. The summed E-state index contributed by atoms with van der Waals surface area (Å²) in [6.07, 6.45) is 0.819. The molecule has 0 aromatic heterocycles. The molecule has 0 N–H and O–H groups in total. The molecular weight excluding hydrogens is 292 g/mol. The molecule has 4 heteroatoms. The third kappa shape index (κ3) is 3.98. The average Bonchev–Trinajstić information content (AvgIpc) is 3.03. The number of aryl methyl sites for hydroxylation is 1. The quantitative estimate of drug-likeness (QED) is 0.771. The van der Waals surface area contributed by atoms with E-state index < -0.39 is 0 Å². The van der Waals surface area contributed by atoms with Crippen LogP contribution >= 0.6 is 11.8 Å². The molecule has 2 aromatic carbocycles. The van der Waals surface area contributed by atoms with Crippen LogP contribution < -0.4 is 4.74 Å². The predicted molar refractivity (Wildman–Crippen MR) is 94.2 cm³/mol. The maximum Gasteiger partial charge on any atom is 0.119 e. The van der Waals surface area contributed by atoms with Crippen molar-refractivity contribution < 1.29 is 4.74 Å². The highest BCUT2D eigenvalue weighted by molar-refractivity contribution is 8.14. The van der Waals surface area contributed by atoms with E-state index in [4.69, 9.17) is 4.74 Å². The summed E-state index contributed by atoms with van der Waals surface area (Å²) in [5.74, 6) is 1.80. The van der Waals surface area contributed by atoms with Gasteiger partial charge in [0.25, 0.3) is 0 Å². The average molecular weight is 310 g/mol. The van der Waals surface area contributed by atoms with Gasteiger partial charge in [0.05, 0.1) is 12.3 Å². The van der Waals surface area contributed by atoms with Crippen LogP contribution in [0, 0.1) is 6.92 Å². The predicted octanol–water partition coefficient (Wildman–Crippen LogP) is 4.31. The molecule has 2 aromatic rings. The van der Waals surface area contributed by atoms with Crippen LogP contribution in [-0.2, 0) is 0 Å². The van der Waals surface area contributed by atoms with Crippen molar-refractivity contribution >= 4 is 22.5 Å². The number of thioether (sulfide) groups is 1. The summed E-state index contributed by atoms with van der Waals surface area (Å²) < 4.78 is 5.72. The summed E-state index contributed by atoms with van der Waals surface area (Å²) in [5, 5.41) is 9.60. The molecule has 0 saturated heterocycles. The number of nitrogens with zero attached hydrogens (tertiary/aromatic N) is 2. The van der Waals surface area contributed by atoms with Gasteiger partial charge in [-0.05, 0) is 24.6 Å². The monoisotopic (exact) mass is 310 g/mol. The van der Waals surface area contributed by atoms with Gasteiger partial charge in [0, 0.05) is 12.2 Å². The molecule has 22 heavy (non-hydrogen) atoms. The molecule has 0 fully saturated rings. The van der Waals surface area contributed by atoms with Crippen molar-refractivity contribution in [2.24, 2.45) is 10.2 Å². The van der Waals surface area contributed by atoms with E-state index in [1.807, 2.05) is 30.3 Å². The molecule has 1 aliphatic rings. The fourth-order valence-electron chi connectivity index (χ4n) is 2.15. The molecule has 0 radical (unpaired) electrons. The lowest BCUT2D eigenvalue weighted by Crippen LogP contribution is -2.05. The number of benzene rings is 2. The second-order valence-electron chi connectivity index (χ2n) is 5.09. The summed E-state index contributed by atoms with van der Waals surface area (Å²) >= 11 is 1.72. The van der Waals surface area contributed by atoms with Gasteiger partial charge in [-0.2, -0.15) is 5.10 Å². The summed E-state index contributed by atoms with van der Waals surface area (Å²) in [6, 6.07) is 18.3. The highest BCUT2D eigenvalue weighted by Gasteiger charge is 2.14. The molecule has 112 valence electrons. The molecule has 0 unspecified atom stereocenters. The first-order valence-electron chi connectivity index (χ1n) is 7.32. The van der Waals surface area contributed by atoms with E-state index in [2.05, 4.69) is 41.4 Å². The summed E-state index contributed by atoms with van der Waals surface area (Å²) in [5.41, 5.74) is 3.44. The number of rotatable bonds is 5. The van der Waals surface area contributed by atoms with Crippen LogP contribution in [0.15, 0.2) is 64.8 Å². The lowest BCUT2D eigenvalue weighted by molar-refractivity contribution is 0.344. The van der Waals surface area contributed by atoms with Crippen molar-refractivity contribution in [3.63, 3.8) is 0 Å². The molecule has 1 aliphatic heterocycles. The Hall–Kier alpha value is -2.07. The number of hydrogen-bond donors (Lipinski definition) is 0. The molecule has 0 aliphatic carbocycles. The van der Waals surface area contributed by atoms with Crippen molar-refractivity contribution in [1.82, 2.24) is 0 Å². The van der Waals surface area contributed by atoms with Crippen LogP contribution in [-0.4, -0.2) is 23.1 Å². The topological polar surface area (TPSA) is 34.0 Å². The first kappa shape index (κ1) is 14.9. The fourth-order valence-corrected chi connectivity index (χ4v) is 2.89. The maximum atomic E-state index is 5.72. The molecule has 3 rings (SSSR count). The van der Waals surface area contributed by atoms with Crippen LogP contribution in [0.4, 0.5) is 0 Å². The third-order valence-electron chi connectivity index (χ3n) is 3.35. The van der Waals surface area contributed by atoms with E-state index in [9.17, 15) is 0 Å². The zero-order chi connectivity index (χ0) is 15.2. The normalized spacial score (nSPS) is 13.7. The van der Waals surface area contributed by atoms with E-state index >= 15 is 0 Å². The van der Waals surface area contributed by atoms with Gasteiger partial charge in [-0.15, -0.1) is 16.9 Å². The van der Waals surface area contributed by atoms with Gasteiger partial charge in [-0.1, -0.05) is 48.0 Å². The Morgan fingerprint density at radius 1 is 1.00 bits per heavy atom. The standard InChI is InChI=1S/C18H18N2OS/c1-14-7-9-16(10-8-14)21-11-12-22-18-13-17(19-20-18)15-5-3-2-4-6-15/h2-10H,11-13H2,1H3. The Kier molecular flexibility index (Phi) is 4.91. The van der Waals surface area contributed by atoms with Gasteiger partial charge < -0.3 is 4.74 Å². The minimum absolute atomic E-state index is 0.674. The van der Waals surface area contributed by atoms with Crippen LogP contribution in [0.25, 0.3) is 0 Å². The zero-order valence-corrected chi connectivity index (χ0v) is 13.3. The summed E-state index contributed by atoms with van der Waals surface area (Å²) in [4.78, 5) is 0. The second kappa shape index (κ2) is 7.27. The molecule has 1 heterocycles. The zero-order valence-electron chi connectivity index (χ0n) is 12.5. The van der Waals surface area contributed by atoms with Gasteiger partial charge in [0.2, 0.25) is 0 Å². The fraction of sp³-hybridized carbons (Fsp3) is 0.222. The summed E-state index contributed by atoms with van der Waals surface area (Å²) in [7, 11) is 0. The van der Waals surface area contributed by atoms with Crippen molar-refractivity contribution in [3.8, 4) is 5.75 Å². The minimum atomic E-state index is 0.674. The van der Waals surface area contributed by atoms with E-state index in [1.54, 1.807) is 11.8 Å². The molecule has 3 nitrogen and oxygen atoms in total. The van der Waals surface area contributed by atoms with Gasteiger partial charge >= 0.3 is 0 Å². The van der Waals surface area contributed by atoms with Gasteiger partial charge in [-0.25, -0.2) is 0 Å². The Labute approximate surface area is 135 Å². The van der Waals surface area contributed by atoms with Gasteiger partial charge in [0.15, 0.2) is 0 Å². The van der Waals surface area contributed by atoms with Crippen LogP contribution in [0.5, 0.6) is 5.75 Å². The SMILES string of the molecule is Cc1ccc(OCCSC2=NN=C(c3ccccc3)C2)cc1. The van der Waals surface area contributed by atoms with E-state index in [-0.39, 0.29) is 0 Å². The third-order valence-corrected chi connectivity index (χ3v) is 4.28. The highest BCUT2D eigenvalue weighted by atomic mass is 32.2. The lowest BCUT2D eigenvalue weighted by Gasteiger charge is -2.06. The molecule has 0 saturated carbocycles. The number of ether oxygens (including phenoxy) is 1. The van der Waals surface area contributed by atoms with Crippen molar-refractivity contribution in [3.05, 3.63) is 65.7 Å². The Morgan fingerprint density at radius 3 is 2.55 bits per heavy atom. The Morgan fingerprint density at radius 2 is 1.77 bits per heavy atom. The van der Waals surface area contributed by atoms with E-state index in [1.165, 1.54) is 5.56 Å². The van der Waals surface area contributed by atoms with E-state index in [0.717, 1.165) is 34.2 Å². The van der Waals surface area contributed by atoms with E-state index in [0.29, 0.717) is 6.61 Å². The van der Waals surface area contributed by atoms with Crippen molar-refractivity contribution in [1.29, 1.82) is 0 Å². The van der Waals surface area contributed by atoms with Crippen LogP contribution in [0.2, 0.25) is 0 Å². The van der Waals surface area contributed by atoms with Crippen molar-refractivity contribution in [2.45, 2.75) is 13.3 Å². The largest absolute Gasteiger partial charge is 0.493 e. The number of hydrogen-bond acceptors (Lipinski definition) is 4. The Balaban J connectivity index is 1.40. The first-order chi connectivity index (χ1) is 10.8. The molecule has 0 spiro atoms. The van der Waals surface area contributed by atoms with Crippen LogP contribution in [0.3, 0.4) is 0 Å². The first-order valence-corrected chi connectivity index (χ1v) is 8.31. The molecule has 0 atom stereocenters. The molecule has 0 amide bonds. The maximum absolute atomic E-state index is 5.72. The Bertz CT molecular complexity index is 678.